The minimum atomic E-state index is -0.927. The number of para-hydroxylation sites is 2. The Bertz CT molecular complexity index is 2870. The van der Waals surface area contributed by atoms with Gasteiger partial charge in [0.25, 0.3) is 10.2 Å². The monoisotopic (exact) mass is 1020 g/mol. The third-order valence-electron chi connectivity index (χ3n) is 8.79. The van der Waals surface area contributed by atoms with Crippen molar-refractivity contribution in [3.05, 3.63) is 174 Å². The largest absolute Gasteiger partial charge is 0.427 e. The Morgan fingerprint density at radius 2 is 1.10 bits per heavy atom. The summed E-state index contributed by atoms with van der Waals surface area (Å²) in [5.41, 5.74) is 7.65. The molecular weight excluding hydrogens is 979 g/mol. The maximum absolute atomic E-state index is 12.8. The van der Waals surface area contributed by atoms with Gasteiger partial charge in [0.15, 0.2) is 0 Å². The van der Waals surface area contributed by atoms with Crippen molar-refractivity contribution in [1.29, 1.82) is 0 Å². The van der Waals surface area contributed by atoms with E-state index >= 15 is 0 Å². The molecule has 2 N–H and O–H groups in total. The summed E-state index contributed by atoms with van der Waals surface area (Å²) < 4.78 is 27.3. The molecule has 6 rings (SSSR count). The van der Waals surface area contributed by atoms with E-state index in [-0.39, 0.29) is 71.6 Å². The Kier molecular flexibility index (Phi) is 19.9. The predicted molar refractivity (Wildman–Crippen MR) is 255 cm³/mol. The number of unbranched alkanes of at least 4 members (excludes halogenated alkanes) is 1. The second kappa shape index (κ2) is 26.4. The van der Waals surface area contributed by atoms with Gasteiger partial charge in [-0.1, -0.05) is 81.5 Å². The SMILES string of the molecule is NC(=S)c1ccc(OC(=O)c2ccccc2OC(=O)CCCCO[N+](=O)[O-])cc1.O=C(CCC(=O)Oc1ccccc1C(=O)Oc1ccc(-c2cc(=S)ss2)cc1)Oc1cccc(CO[N+](=O)[O-])c1. The maximum Gasteiger partial charge on any atom is 0.347 e. The molecule has 0 unspecified atom stereocenters. The minimum absolute atomic E-state index is 0.0148. The van der Waals surface area contributed by atoms with E-state index in [1.165, 1.54) is 46.7 Å². The van der Waals surface area contributed by atoms with Crippen LogP contribution in [0, 0.1) is 24.1 Å². The molecular formula is C46H37N3O16S4. The van der Waals surface area contributed by atoms with Crippen molar-refractivity contribution in [2.45, 2.75) is 38.7 Å². The fourth-order valence-electron chi connectivity index (χ4n) is 5.59. The lowest BCUT2D eigenvalue weighted by Crippen LogP contribution is -2.16. The average Bonchev–Trinajstić information content (AvgIpc) is 3.77. The van der Waals surface area contributed by atoms with Gasteiger partial charge in [0.1, 0.15) is 55.3 Å². The summed E-state index contributed by atoms with van der Waals surface area (Å²) in [7, 11) is 3.07. The van der Waals surface area contributed by atoms with E-state index in [0.29, 0.717) is 29.7 Å². The van der Waals surface area contributed by atoms with E-state index in [2.05, 4.69) is 9.68 Å². The Balaban J connectivity index is 0.000000272. The van der Waals surface area contributed by atoms with Gasteiger partial charge >= 0.3 is 29.8 Å². The molecule has 0 aliphatic heterocycles. The highest BCUT2D eigenvalue weighted by Gasteiger charge is 2.20. The zero-order chi connectivity index (χ0) is 49.7. The molecule has 0 bridgehead atoms. The van der Waals surface area contributed by atoms with Crippen LogP contribution in [0.1, 0.15) is 63.9 Å². The third kappa shape index (κ3) is 17.6. The molecule has 0 spiro atoms. The molecule has 5 aromatic carbocycles. The van der Waals surface area contributed by atoms with Crippen LogP contribution < -0.4 is 29.4 Å². The highest BCUT2D eigenvalue weighted by atomic mass is 32.9. The second-order valence-corrected chi connectivity index (χ2v) is 17.1. The molecule has 0 fully saturated rings. The second-order valence-electron chi connectivity index (χ2n) is 13.8. The molecule has 1 heterocycles. The zero-order valence-electron chi connectivity index (χ0n) is 35.7. The van der Waals surface area contributed by atoms with Crippen LogP contribution >= 0.6 is 45.1 Å². The van der Waals surface area contributed by atoms with Crippen LogP contribution in [-0.2, 0) is 30.7 Å². The number of esters is 5. The molecule has 0 atom stereocenters. The number of nitrogens with zero attached hydrogens (tertiary/aromatic N) is 2. The van der Waals surface area contributed by atoms with E-state index in [1.807, 2.05) is 18.2 Å². The van der Waals surface area contributed by atoms with Gasteiger partial charge in [-0.15, -0.1) is 20.2 Å². The quantitative estimate of drug-likeness (QED) is 0.0134. The van der Waals surface area contributed by atoms with Gasteiger partial charge in [0, 0.05) is 16.9 Å². The van der Waals surface area contributed by atoms with E-state index in [4.69, 9.17) is 53.9 Å². The Morgan fingerprint density at radius 3 is 1.64 bits per heavy atom. The van der Waals surface area contributed by atoms with Crippen LogP contribution in [0.4, 0.5) is 0 Å². The summed E-state index contributed by atoms with van der Waals surface area (Å²) in [6, 6.07) is 33.5. The molecule has 0 radical (unpaired) electrons. The predicted octanol–water partition coefficient (Wildman–Crippen LogP) is 9.25. The number of thiocarbonyl (C=S) groups is 1. The number of carbonyl (C=O) groups is 5. The van der Waals surface area contributed by atoms with E-state index in [9.17, 15) is 44.2 Å². The molecule has 0 aliphatic rings. The molecule has 23 heteroatoms. The zero-order valence-corrected chi connectivity index (χ0v) is 39.0. The van der Waals surface area contributed by atoms with Crippen LogP contribution in [0.2, 0.25) is 0 Å². The molecule has 19 nitrogen and oxygen atoms in total. The molecule has 0 amide bonds. The summed E-state index contributed by atoms with van der Waals surface area (Å²) in [5, 5.41) is 18.6. The summed E-state index contributed by atoms with van der Waals surface area (Å²) in [6.45, 7) is -0.402. The van der Waals surface area contributed by atoms with Gasteiger partial charge in [0.2, 0.25) is 0 Å². The molecule has 356 valence electrons. The fourth-order valence-corrected chi connectivity index (χ4v) is 8.13. The van der Waals surface area contributed by atoms with E-state index < -0.39 is 40.0 Å². The summed E-state index contributed by atoms with van der Waals surface area (Å²) in [4.78, 5) is 91.9. The third-order valence-corrected chi connectivity index (χ3v) is 11.9. The van der Waals surface area contributed by atoms with Crippen molar-refractivity contribution >= 4 is 80.0 Å². The number of ether oxygens (including phenoxy) is 5. The van der Waals surface area contributed by atoms with Gasteiger partial charge in [-0.25, -0.2) is 9.59 Å². The van der Waals surface area contributed by atoms with Gasteiger partial charge in [-0.05, 0) is 115 Å². The van der Waals surface area contributed by atoms with Crippen LogP contribution in [0.15, 0.2) is 127 Å². The van der Waals surface area contributed by atoms with E-state index in [0.717, 1.165) is 14.3 Å². The molecule has 0 saturated heterocycles. The van der Waals surface area contributed by atoms with Crippen molar-refractivity contribution in [3.63, 3.8) is 0 Å². The summed E-state index contributed by atoms with van der Waals surface area (Å²) >= 11 is 10.0. The lowest BCUT2D eigenvalue weighted by Gasteiger charge is -2.10. The fraction of sp³-hybridized carbons (Fsp3) is 0.152. The minimum Gasteiger partial charge on any atom is -0.427 e. The van der Waals surface area contributed by atoms with Crippen LogP contribution in [0.5, 0.6) is 28.7 Å². The first-order valence-electron chi connectivity index (χ1n) is 20.1. The lowest BCUT2D eigenvalue weighted by molar-refractivity contribution is -0.763. The smallest absolute Gasteiger partial charge is 0.347 e. The van der Waals surface area contributed by atoms with Crippen LogP contribution in [-0.4, -0.2) is 51.6 Å². The highest BCUT2D eigenvalue weighted by Crippen LogP contribution is 2.31. The highest BCUT2D eigenvalue weighted by molar-refractivity contribution is 7.80. The van der Waals surface area contributed by atoms with Crippen molar-refractivity contribution in [2.75, 3.05) is 6.61 Å². The first-order chi connectivity index (χ1) is 33.1. The van der Waals surface area contributed by atoms with Crippen molar-refractivity contribution in [1.82, 2.24) is 0 Å². The number of carbonyl (C=O) groups excluding carboxylic acids is 5. The van der Waals surface area contributed by atoms with Crippen LogP contribution in [0.25, 0.3) is 10.4 Å². The molecule has 6 aromatic rings. The normalized spacial score (nSPS) is 10.3. The first-order valence-corrected chi connectivity index (χ1v) is 23.1. The van der Waals surface area contributed by atoms with Crippen molar-refractivity contribution in [3.8, 4) is 39.2 Å². The van der Waals surface area contributed by atoms with E-state index in [1.54, 1.807) is 83.1 Å². The lowest BCUT2D eigenvalue weighted by atomic mass is 10.2. The number of hydrogen-bond donors (Lipinski definition) is 1. The molecule has 69 heavy (non-hydrogen) atoms. The summed E-state index contributed by atoms with van der Waals surface area (Å²) in [6.07, 6.45) is 0.0658. The van der Waals surface area contributed by atoms with Crippen LogP contribution in [0.3, 0.4) is 0 Å². The van der Waals surface area contributed by atoms with Gasteiger partial charge in [0.05, 0.1) is 19.4 Å². The topological polar surface area (TPSA) is 262 Å². The molecule has 0 saturated carbocycles. The van der Waals surface area contributed by atoms with Gasteiger partial charge < -0.3 is 39.1 Å². The first kappa shape index (κ1) is 52.0. The maximum atomic E-state index is 12.8. The Hall–Kier alpha value is -7.99. The standard InChI is InChI=1S/C27H19NO9S3.C19H18N2O7S/c29-24(35-20-5-3-4-17(14-20)16-34-28(32)33)12-13-25(30)37-22-7-2-1-6-21(22)27(31)36-19-10-8-18(9-11-19)23-15-26(38)40-39-23;20-18(29)13-8-10-14(11-9-13)27-19(23)15-5-1-2-6-16(15)28-17(22)7-3-4-12-26-21(24)25/h1-11,14-15H,12-13,16H2;1-2,5-6,8-11H,3-4,7,12H2,(H2,20,29). The summed E-state index contributed by atoms with van der Waals surface area (Å²) in [5.74, 6) is -2.69. The van der Waals surface area contributed by atoms with Gasteiger partial charge in [-0.3, -0.25) is 14.4 Å². The molecule has 0 aliphatic carbocycles. The average molecular weight is 1020 g/mol. The Labute approximate surface area is 409 Å². The van der Waals surface area contributed by atoms with Crippen molar-refractivity contribution in [2.24, 2.45) is 5.73 Å². The molecule has 1 aromatic heterocycles. The number of benzene rings is 5. The Morgan fingerprint density at radius 1 is 0.565 bits per heavy atom. The van der Waals surface area contributed by atoms with Gasteiger partial charge in [-0.2, -0.15) is 0 Å². The number of nitrogens with two attached hydrogens (primary N) is 1. The van der Waals surface area contributed by atoms with Crippen molar-refractivity contribution < 1.29 is 67.5 Å². The number of rotatable bonds is 21. The number of hydrogen-bond acceptors (Lipinski definition) is 20.